The van der Waals surface area contributed by atoms with Crippen LogP contribution < -0.4 is 14.7 Å². The summed E-state index contributed by atoms with van der Waals surface area (Å²) in [5.74, 6) is -1.93. The van der Waals surface area contributed by atoms with Crippen LogP contribution in [0, 0.1) is 0 Å². The summed E-state index contributed by atoms with van der Waals surface area (Å²) in [6, 6.07) is 1.53. The molecule has 0 fully saturated rings. The SMILES string of the molecule is C[Si](C)(C)c1cc(Br)c(C(=O)O)c2c1OC(F)(F)O2. The molecular weight excluding hydrogens is 342 g/mol. The van der Waals surface area contributed by atoms with E-state index in [9.17, 15) is 13.6 Å². The Labute approximate surface area is 117 Å². The van der Waals surface area contributed by atoms with Crippen LogP contribution in [0.3, 0.4) is 0 Å². The van der Waals surface area contributed by atoms with E-state index in [2.05, 4.69) is 25.4 Å². The van der Waals surface area contributed by atoms with Crippen LogP contribution in [0.5, 0.6) is 11.5 Å². The zero-order valence-electron chi connectivity index (χ0n) is 10.4. The lowest BCUT2D eigenvalue weighted by Crippen LogP contribution is -2.39. The molecule has 1 aliphatic rings. The topological polar surface area (TPSA) is 55.8 Å². The summed E-state index contributed by atoms with van der Waals surface area (Å²) in [7, 11) is -2.00. The molecule has 1 aliphatic heterocycles. The number of alkyl halides is 2. The zero-order chi connectivity index (χ0) is 14.6. The minimum Gasteiger partial charge on any atom is -0.478 e. The maximum absolute atomic E-state index is 13.2. The first kappa shape index (κ1) is 14.3. The van der Waals surface area contributed by atoms with E-state index in [4.69, 9.17) is 5.11 Å². The van der Waals surface area contributed by atoms with Gasteiger partial charge in [0.15, 0.2) is 11.5 Å². The predicted octanol–water partition coefficient (Wildman–Crippen LogP) is 3.01. The molecule has 0 spiro atoms. The molecule has 2 rings (SSSR count). The van der Waals surface area contributed by atoms with Crippen molar-refractivity contribution in [2.75, 3.05) is 0 Å². The number of carbonyl (C=O) groups is 1. The third-order valence-corrected chi connectivity index (χ3v) is 5.26. The number of carboxylic acid groups (broad SMARTS) is 1. The van der Waals surface area contributed by atoms with Gasteiger partial charge in [-0.15, -0.1) is 8.78 Å². The fourth-order valence-corrected chi connectivity index (χ4v) is 4.04. The van der Waals surface area contributed by atoms with E-state index in [1.54, 1.807) is 0 Å². The van der Waals surface area contributed by atoms with Gasteiger partial charge in [0.25, 0.3) is 0 Å². The van der Waals surface area contributed by atoms with Crippen molar-refractivity contribution in [2.24, 2.45) is 0 Å². The molecule has 0 aliphatic carbocycles. The van der Waals surface area contributed by atoms with Crippen LogP contribution in [-0.2, 0) is 0 Å². The molecule has 1 aromatic rings. The van der Waals surface area contributed by atoms with Crippen LogP contribution in [0.1, 0.15) is 10.4 Å². The molecule has 0 saturated carbocycles. The highest BCUT2D eigenvalue weighted by Crippen LogP contribution is 2.45. The Morgan fingerprint density at radius 3 is 2.32 bits per heavy atom. The molecule has 1 heterocycles. The fraction of sp³-hybridized carbons (Fsp3) is 0.364. The summed E-state index contributed by atoms with van der Waals surface area (Å²) in [6.07, 6.45) is -3.83. The number of hydrogen-bond donors (Lipinski definition) is 1. The van der Waals surface area contributed by atoms with Gasteiger partial charge in [-0.2, -0.15) is 0 Å². The van der Waals surface area contributed by atoms with Crippen LogP contribution in [0.4, 0.5) is 8.78 Å². The van der Waals surface area contributed by atoms with Gasteiger partial charge in [0.1, 0.15) is 5.56 Å². The Kier molecular flexibility index (Phi) is 3.13. The van der Waals surface area contributed by atoms with E-state index in [-0.39, 0.29) is 15.8 Å². The van der Waals surface area contributed by atoms with Crippen LogP contribution in [0.25, 0.3) is 0 Å². The van der Waals surface area contributed by atoms with Gasteiger partial charge in [0.05, 0.1) is 8.07 Å². The maximum Gasteiger partial charge on any atom is 0.586 e. The number of hydrogen-bond acceptors (Lipinski definition) is 3. The Hall–Kier alpha value is -1.15. The first-order valence-electron chi connectivity index (χ1n) is 5.39. The highest BCUT2D eigenvalue weighted by molar-refractivity contribution is 9.10. The molecule has 0 bridgehead atoms. The first-order chi connectivity index (χ1) is 8.53. The summed E-state index contributed by atoms with van der Waals surface area (Å²) in [5.41, 5.74) is -0.353. The Morgan fingerprint density at radius 2 is 1.84 bits per heavy atom. The summed E-state index contributed by atoms with van der Waals surface area (Å²) >= 11 is 3.09. The van der Waals surface area contributed by atoms with Gasteiger partial charge in [0, 0.05) is 4.47 Å². The van der Waals surface area contributed by atoms with Crippen molar-refractivity contribution in [2.45, 2.75) is 25.9 Å². The third kappa shape index (κ3) is 2.46. The quantitative estimate of drug-likeness (QED) is 0.831. The molecule has 0 atom stereocenters. The van der Waals surface area contributed by atoms with Crippen molar-refractivity contribution in [3.63, 3.8) is 0 Å². The molecule has 4 nitrogen and oxygen atoms in total. The minimum atomic E-state index is -3.83. The molecule has 19 heavy (non-hydrogen) atoms. The van der Waals surface area contributed by atoms with E-state index in [0.717, 1.165) is 0 Å². The van der Waals surface area contributed by atoms with E-state index in [1.165, 1.54) is 6.07 Å². The average Bonchev–Trinajstić information content (AvgIpc) is 2.48. The van der Waals surface area contributed by atoms with Crippen LogP contribution in [0.2, 0.25) is 19.6 Å². The Balaban J connectivity index is 2.76. The highest BCUT2D eigenvalue weighted by Gasteiger charge is 2.48. The van der Waals surface area contributed by atoms with Crippen molar-refractivity contribution in [1.29, 1.82) is 0 Å². The second-order valence-electron chi connectivity index (χ2n) is 5.16. The van der Waals surface area contributed by atoms with Gasteiger partial charge in [-0.3, -0.25) is 0 Å². The normalized spacial score (nSPS) is 16.5. The molecular formula is C11H11BrF2O4Si. The lowest BCUT2D eigenvalue weighted by atomic mass is 10.2. The van der Waals surface area contributed by atoms with E-state index < -0.39 is 26.1 Å². The summed E-state index contributed by atoms with van der Waals surface area (Å²) in [5, 5.41) is 9.67. The number of ether oxygens (including phenoxy) is 2. The standard InChI is InChI=1S/C11H11BrF2O4Si/c1-19(2,3)6-4-5(12)7(10(15)16)9-8(6)17-11(13,14)18-9/h4H,1-3H3,(H,15,16). The van der Waals surface area contributed by atoms with Crippen LogP contribution >= 0.6 is 15.9 Å². The zero-order valence-corrected chi connectivity index (χ0v) is 13.0. The van der Waals surface area contributed by atoms with Gasteiger partial charge in [-0.1, -0.05) is 19.6 Å². The van der Waals surface area contributed by atoms with Crippen LogP contribution in [-0.4, -0.2) is 25.4 Å². The third-order valence-electron chi connectivity index (χ3n) is 2.65. The molecule has 0 radical (unpaired) electrons. The predicted molar refractivity (Wildman–Crippen MR) is 70.3 cm³/mol. The number of benzene rings is 1. The van der Waals surface area contributed by atoms with Crippen molar-refractivity contribution in [3.05, 3.63) is 16.1 Å². The van der Waals surface area contributed by atoms with Crippen molar-refractivity contribution < 1.29 is 28.2 Å². The van der Waals surface area contributed by atoms with Crippen LogP contribution in [0.15, 0.2) is 10.5 Å². The van der Waals surface area contributed by atoms with E-state index in [0.29, 0.717) is 5.19 Å². The molecule has 8 heteroatoms. The number of aromatic carboxylic acids is 1. The molecule has 1 N–H and O–H groups in total. The van der Waals surface area contributed by atoms with E-state index >= 15 is 0 Å². The molecule has 0 saturated heterocycles. The van der Waals surface area contributed by atoms with E-state index in [1.807, 2.05) is 19.6 Å². The largest absolute Gasteiger partial charge is 0.586 e. The number of carboxylic acids is 1. The molecule has 0 aromatic heterocycles. The second-order valence-corrected chi connectivity index (χ2v) is 11.1. The maximum atomic E-state index is 13.2. The van der Waals surface area contributed by atoms with Gasteiger partial charge < -0.3 is 14.6 Å². The van der Waals surface area contributed by atoms with Gasteiger partial charge in [0.2, 0.25) is 0 Å². The van der Waals surface area contributed by atoms with Gasteiger partial charge in [-0.25, -0.2) is 4.79 Å². The number of halogens is 3. The smallest absolute Gasteiger partial charge is 0.478 e. The molecule has 0 amide bonds. The second kappa shape index (κ2) is 4.17. The van der Waals surface area contributed by atoms with Gasteiger partial charge in [-0.05, 0) is 27.2 Å². The number of rotatable bonds is 2. The number of fused-ring (bicyclic) bond motifs is 1. The highest BCUT2D eigenvalue weighted by atomic mass is 79.9. The summed E-state index contributed by atoms with van der Waals surface area (Å²) < 4.78 is 35.5. The molecule has 1 aromatic carbocycles. The first-order valence-corrected chi connectivity index (χ1v) is 9.68. The lowest BCUT2D eigenvalue weighted by molar-refractivity contribution is -0.286. The van der Waals surface area contributed by atoms with Crippen molar-refractivity contribution in [3.8, 4) is 11.5 Å². The summed E-state index contributed by atoms with van der Waals surface area (Å²) in [6.45, 7) is 5.82. The average molecular weight is 353 g/mol. The summed E-state index contributed by atoms with van der Waals surface area (Å²) in [4.78, 5) is 11.2. The van der Waals surface area contributed by atoms with Crippen molar-refractivity contribution in [1.82, 2.24) is 0 Å². The lowest BCUT2D eigenvalue weighted by Gasteiger charge is -2.19. The van der Waals surface area contributed by atoms with Crippen molar-refractivity contribution >= 4 is 35.2 Å². The monoisotopic (exact) mass is 352 g/mol. The molecule has 0 unspecified atom stereocenters. The van der Waals surface area contributed by atoms with Gasteiger partial charge >= 0.3 is 12.3 Å². The Morgan fingerprint density at radius 1 is 1.32 bits per heavy atom. The molecule has 104 valence electrons. The minimum absolute atomic E-state index is 0.162. The fourth-order valence-electron chi connectivity index (χ4n) is 1.82. The Bertz CT molecular complexity index is 569.